The van der Waals surface area contributed by atoms with Crippen molar-refractivity contribution < 1.29 is 18.0 Å². The number of aliphatic imine (C=N–C) groups is 1. The molecule has 0 aliphatic carbocycles. The quantitative estimate of drug-likeness (QED) is 0.322. The van der Waals surface area contributed by atoms with Crippen LogP contribution in [-0.4, -0.2) is 67.5 Å². The number of carbonyl (C=O) groups excluding carboxylic acids is 1. The van der Waals surface area contributed by atoms with Crippen LogP contribution in [0.3, 0.4) is 0 Å². The lowest BCUT2D eigenvalue weighted by Gasteiger charge is -2.35. The number of halogens is 4. The van der Waals surface area contributed by atoms with Crippen LogP contribution in [0.5, 0.6) is 0 Å². The van der Waals surface area contributed by atoms with Gasteiger partial charge in [-0.1, -0.05) is 12.1 Å². The summed E-state index contributed by atoms with van der Waals surface area (Å²) in [6, 6.07) is 5.84. The highest BCUT2D eigenvalue weighted by atomic mass is 127. The predicted octanol–water partition coefficient (Wildman–Crippen LogP) is 3.32. The third-order valence-electron chi connectivity index (χ3n) is 5.18. The zero-order valence-electron chi connectivity index (χ0n) is 18.5. The molecule has 0 spiro atoms. The lowest BCUT2D eigenvalue weighted by atomic mass is 10.0. The van der Waals surface area contributed by atoms with Gasteiger partial charge in [-0.3, -0.25) is 4.79 Å². The van der Waals surface area contributed by atoms with E-state index < -0.39 is 11.7 Å². The molecule has 10 heteroatoms. The van der Waals surface area contributed by atoms with Crippen molar-refractivity contribution in [3.05, 3.63) is 35.4 Å². The Kier molecular flexibility index (Phi) is 11.1. The number of piperidine rings is 1. The van der Waals surface area contributed by atoms with Gasteiger partial charge in [-0.05, 0) is 44.4 Å². The fourth-order valence-corrected chi connectivity index (χ4v) is 3.24. The first-order chi connectivity index (χ1) is 14.1. The van der Waals surface area contributed by atoms with Gasteiger partial charge >= 0.3 is 6.18 Å². The minimum Gasteiger partial charge on any atom is -0.354 e. The van der Waals surface area contributed by atoms with E-state index in [1.807, 2.05) is 0 Å². The Labute approximate surface area is 199 Å². The van der Waals surface area contributed by atoms with Crippen LogP contribution in [0.1, 0.15) is 37.8 Å². The van der Waals surface area contributed by atoms with Gasteiger partial charge in [0.25, 0.3) is 0 Å². The van der Waals surface area contributed by atoms with Crippen molar-refractivity contribution in [2.75, 3.05) is 33.7 Å². The zero-order valence-corrected chi connectivity index (χ0v) is 20.8. The number of rotatable bonds is 6. The van der Waals surface area contributed by atoms with Crippen molar-refractivity contribution >= 4 is 35.8 Å². The Morgan fingerprint density at radius 2 is 1.90 bits per heavy atom. The highest BCUT2D eigenvalue weighted by Crippen LogP contribution is 2.29. The van der Waals surface area contributed by atoms with Crippen LogP contribution in [0, 0.1) is 0 Å². The van der Waals surface area contributed by atoms with Crippen LogP contribution in [0.15, 0.2) is 29.3 Å². The third kappa shape index (κ3) is 9.22. The molecule has 1 aromatic rings. The van der Waals surface area contributed by atoms with E-state index in [2.05, 4.69) is 34.4 Å². The summed E-state index contributed by atoms with van der Waals surface area (Å²) in [5, 5.41) is 6.35. The molecule has 31 heavy (non-hydrogen) atoms. The molecular weight excluding hydrogens is 522 g/mol. The third-order valence-corrected chi connectivity index (χ3v) is 5.18. The summed E-state index contributed by atoms with van der Waals surface area (Å²) < 4.78 is 38.8. The summed E-state index contributed by atoms with van der Waals surface area (Å²) in [7, 11) is 3.33. The molecule has 1 amide bonds. The van der Waals surface area contributed by atoms with Crippen LogP contribution < -0.4 is 10.6 Å². The van der Waals surface area contributed by atoms with E-state index in [1.54, 1.807) is 20.2 Å². The minimum atomic E-state index is -4.39. The highest BCUT2D eigenvalue weighted by molar-refractivity contribution is 14.0. The average molecular weight is 555 g/mol. The van der Waals surface area contributed by atoms with Crippen molar-refractivity contribution in [1.82, 2.24) is 20.4 Å². The molecule has 0 unspecified atom stereocenters. The predicted molar refractivity (Wildman–Crippen MR) is 128 cm³/mol. The normalized spacial score (nSPS) is 16.1. The number of likely N-dealkylation sites (tertiary alicyclic amines) is 1. The van der Waals surface area contributed by atoms with Crippen molar-refractivity contribution in [1.29, 1.82) is 0 Å². The molecule has 1 aliphatic rings. The number of amides is 1. The Bertz CT molecular complexity index is 732. The lowest BCUT2D eigenvalue weighted by molar-refractivity contribution is -0.137. The van der Waals surface area contributed by atoms with E-state index in [0.29, 0.717) is 17.6 Å². The molecule has 0 radical (unpaired) electrons. The van der Waals surface area contributed by atoms with Gasteiger partial charge < -0.3 is 20.4 Å². The molecule has 2 rings (SSSR count). The minimum absolute atomic E-state index is 0. The van der Waals surface area contributed by atoms with Crippen molar-refractivity contribution in [3.63, 3.8) is 0 Å². The van der Waals surface area contributed by atoms with E-state index in [1.165, 1.54) is 11.0 Å². The van der Waals surface area contributed by atoms with E-state index in [0.717, 1.165) is 38.1 Å². The molecule has 176 valence electrons. The largest absolute Gasteiger partial charge is 0.416 e. The van der Waals surface area contributed by atoms with E-state index in [4.69, 9.17) is 0 Å². The Balaban J connectivity index is 0.00000480. The van der Waals surface area contributed by atoms with Gasteiger partial charge in [0.1, 0.15) is 0 Å². The first-order valence-corrected chi connectivity index (χ1v) is 10.2. The van der Waals surface area contributed by atoms with E-state index in [-0.39, 0.29) is 49.0 Å². The standard InChI is InChI=1S/C21H32F3N5O.HI/c1-15(2)29-10-8-18(9-11-29)27-20(26-14-19(30)28(3)4)25-13-16-6-5-7-17(12-16)21(22,23)24;/h5-7,12,15,18H,8-11,13-14H2,1-4H3,(H2,25,26,27);1H. The molecule has 0 saturated carbocycles. The monoisotopic (exact) mass is 555 g/mol. The van der Waals surface area contributed by atoms with Crippen molar-refractivity contribution in [3.8, 4) is 0 Å². The second-order valence-corrected chi connectivity index (χ2v) is 8.05. The molecule has 1 aliphatic heterocycles. The molecule has 2 N–H and O–H groups in total. The summed E-state index contributed by atoms with van der Waals surface area (Å²) in [5.41, 5.74) is -0.235. The SMILES string of the molecule is CC(C)N1CCC(NC(=NCc2cccc(C(F)(F)F)c2)NCC(=O)N(C)C)CC1.I. The number of nitrogens with one attached hydrogen (secondary N) is 2. The molecule has 1 fully saturated rings. The van der Waals surface area contributed by atoms with Gasteiger partial charge in [-0.15, -0.1) is 24.0 Å². The van der Waals surface area contributed by atoms with Crippen LogP contribution in [-0.2, 0) is 17.5 Å². The van der Waals surface area contributed by atoms with Gasteiger partial charge in [0, 0.05) is 39.3 Å². The fraction of sp³-hybridized carbons (Fsp3) is 0.619. The molecule has 0 aromatic heterocycles. The second kappa shape index (κ2) is 12.5. The maximum atomic E-state index is 12.9. The molecule has 1 heterocycles. The number of likely N-dealkylation sites (N-methyl/N-ethyl adjacent to an activating group) is 1. The Hall–Kier alpha value is -1.56. The van der Waals surface area contributed by atoms with Gasteiger partial charge in [0.2, 0.25) is 5.91 Å². The van der Waals surface area contributed by atoms with Gasteiger partial charge in [0.05, 0.1) is 18.7 Å². The molecule has 6 nitrogen and oxygen atoms in total. The molecule has 1 saturated heterocycles. The van der Waals surface area contributed by atoms with E-state index >= 15 is 0 Å². The molecule has 0 bridgehead atoms. The summed E-state index contributed by atoms with van der Waals surface area (Å²) in [4.78, 5) is 20.2. The number of carbonyl (C=O) groups is 1. The van der Waals surface area contributed by atoms with Crippen LogP contribution in [0.2, 0.25) is 0 Å². The fourth-order valence-electron chi connectivity index (χ4n) is 3.24. The zero-order chi connectivity index (χ0) is 22.3. The van der Waals surface area contributed by atoms with Crippen molar-refractivity contribution in [2.45, 2.75) is 51.5 Å². The number of alkyl halides is 3. The summed E-state index contributed by atoms with van der Waals surface area (Å²) in [5.74, 6) is 0.323. The number of hydrogen-bond acceptors (Lipinski definition) is 3. The maximum Gasteiger partial charge on any atom is 0.416 e. The number of nitrogens with zero attached hydrogens (tertiary/aromatic N) is 3. The van der Waals surface area contributed by atoms with Gasteiger partial charge in [0.15, 0.2) is 5.96 Å². The number of hydrogen-bond donors (Lipinski definition) is 2. The first kappa shape index (κ1) is 27.5. The van der Waals surface area contributed by atoms with Crippen LogP contribution >= 0.6 is 24.0 Å². The Morgan fingerprint density at radius 3 is 2.45 bits per heavy atom. The lowest BCUT2D eigenvalue weighted by Crippen LogP contribution is -2.51. The van der Waals surface area contributed by atoms with Crippen molar-refractivity contribution in [2.24, 2.45) is 4.99 Å². The Morgan fingerprint density at radius 1 is 1.26 bits per heavy atom. The molecular formula is C21H33F3IN5O. The van der Waals surface area contributed by atoms with Gasteiger partial charge in [-0.2, -0.15) is 13.2 Å². The van der Waals surface area contributed by atoms with Gasteiger partial charge in [-0.25, -0.2) is 4.99 Å². The van der Waals surface area contributed by atoms with Crippen LogP contribution in [0.4, 0.5) is 13.2 Å². The highest BCUT2D eigenvalue weighted by Gasteiger charge is 2.30. The van der Waals surface area contributed by atoms with E-state index in [9.17, 15) is 18.0 Å². The summed E-state index contributed by atoms with van der Waals surface area (Å²) in [6.45, 7) is 6.42. The second-order valence-electron chi connectivity index (χ2n) is 8.05. The first-order valence-electron chi connectivity index (χ1n) is 10.2. The molecule has 1 aromatic carbocycles. The molecule has 0 atom stereocenters. The smallest absolute Gasteiger partial charge is 0.354 e. The average Bonchev–Trinajstić information content (AvgIpc) is 2.69. The topological polar surface area (TPSA) is 60.0 Å². The van der Waals surface area contributed by atoms with Crippen LogP contribution in [0.25, 0.3) is 0 Å². The summed E-state index contributed by atoms with van der Waals surface area (Å²) >= 11 is 0. The number of benzene rings is 1. The summed E-state index contributed by atoms with van der Waals surface area (Å²) in [6.07, 6.45) is -2.52. The maximum absolute atomic E-state index is 12.9. The number of guanidine groups is 1.